The number of benzene rings is 1. The van der Waals surface area contributed by atoms with E-state index in [0.29, 0.717) is 6.07 Å². The van der Waals surface area contributed by atoms with Crippen LogP contribution in [0.4, 0.5) is 17.6 Å². The van der Waals surface area contributed by atoms with Gasteiger partial charge in [-0.25, -0.2) is 4.39 Å². The van der Waals surface area contributed by atoms with E-state index >= 15 is 0 Å². The Bertz CT molecular complexity index is 443. The average Bonchev–Trinajstić information content (AvgIpc) is 2.23. The van der Waals surface area contributed by atoms with Crippen molar-refractivity contribution in [1.29, 1.82) is 0 Å². The van der Waals surface area contributed by atoms with Gasteiger partial charge in [-0.3, -0.25) is 4.79 Å². The van der Waals surface area contributed by atoms with Gasteiger partial charge in [-0.1, -0.05) is 0 Å². The summed E-state index contributed by atoms with van der Waals surface area (Å²) < 4.78 is 57.4. The summed E-state index contributed by atoms with van der Waals surface area (Å²) in [6.45, 7) is 1.85. The lowest BCUT2D eigenvalue weighted by Gasteiger charge is -2.10. The highest BCUT2D eigenvalue weighted by Gasteiger charge is 2.31. The molecule has 106 valence electrons. The largest absolute Gasteiger partial charge is 0.573 e. The molecule has 0 aromatic heterocycles. The zero-order chi connectivity index (χ0) is 14.5. The van der Waals surface area contributed by atoms with Gasteiger partial charge in [0.15, 0.2) is 0 Å². The number of esters is 1. The van der Waals surface area contributed by atoms with Crippen molar-refractivity contribution in [2.24, 2.45) is 0 Å². The van der Waals surface area contributed by atoms with Gasteiger partial charge in [0, 0.05) is 12.5 Å². The van der Waals surface area contributed by atoms with Crippen molar-refractivity contribution in [3.05, 3.63) is 29.6 Å². The molecule has 19 heavy (non-hydrogen) atoms. The predicted molar refractivity (Wildman–Crippen MR) is 58.0 cm³/mol. The fraction of sp³-hybridized carbons (Fsp3) is 0.417. The first kappa shape index (κ1) is 15.3. The second-order valence-corrected chi connectivity index (χ2v) is 3.65. The van der Waals surface area contributed by atoms with E-state index in [9.17, 15) is 22.4 Å². The number of alkyl halides is 3. The van der Waals surface area contributed by atoms with Crippen LogP contribution in [-0.4, -0.2) is 18.9 Å². The molecular formula is C12H12F4O3. The van der Waals surface area contributed by atoms with E-state index in [-0.39, 0.29) is 25.0 Å². The second-order valence-electron chi connectivity index (χ2n) is 3.65. The summed E-state index contributed by atoms with van der Waals surface area (Å²) in [5.74, 6) is -2.00. The highest BCUT2D eigenvalue weighted by molar-refractivity contribution is 5.69. The standard InChI is InChI=1S/C12H12F4O3/c1-2-18-11(17)4-3-8-5-9(13)7-10(6-8)19-12(14,15)16/h5-7H,2-4H2,1H3. The summed E-state index contributed by atoms with van der Waals surface area (Å²) in [7, 11) is 0. The number of halogens is 4. The number of rotatable bonds is 5. The normalized spacial score (nSPS) is 11.2. The lowest BCUT2D eigenvalue weighted by atomic mass is 10.1. The van der Waals surface area contributed by atoms with Gasteiger partial charge in [-0.15, -0.1) is 13.2 Å². The minimum absolute atomic E-state index is 0.0389. The van der Waals surface area contributed by atoms with Crippen molar-refractivity contribution in [3.8, 4) is 5.75 Å². The third-order valence-corrected chi connectivity index (χ3v) is 2.09. The first-order chi connectivity index (χ1) is 8.80. The van der Waals surface area contributed by atoms with Gasteiger partial charge in [-0.2, -0.15) is 0 Å². The van der Waals surface area contributed by atoms with Crippen LogP contribution in [0.2, 0.25) is 0 Å². The number of ether oxygens (including phenoxy) is 2. The van der Waals surface area contributed by atoms with E-state index in [0.717, 1.165) is 12.1 Å². The zero-order valence-corrected chi connectivity index (χ0v) is 10.1. The van der Waals surface area contributed by atoms with Crippen LogP contribution in [0.1, 0.15) is 18.9 Å². The van der Waals surface area contributed by atoms with Crippen molar-refractivity contribution in [3.63, 3.8) is 0 Å². The van der Waals surface area contributed by atoms with Crippen LogP contribution in [0.25, 0.3) is 0 Å². The van der Waals surface area contributed by atoms with Gasteiger partial charge < -0.3 is 9.47 Å². The van der Waals surface area contributed by atoms with Gasteiger partial charge in [0.2, 0.25) is 0 Å². The molecule has 1 rings (SSSR count). The molecule has 0 aliphatic rings. The molecule has 0 spiro atoms. The smallest absolute Gasteiger partial charge is 0.466 e. The summed E-state index contributed by atoms with van der Waals surface area (Å²) in [5, 5.41) is 0. The molecule has 0 radical (unpaired) electrons. The second kappa shape index (κ2) is 6.40. The highest BCUT2D eigenvalue weighted by atomic mass is 19.4. The molecule has 0 bridgehead atoms. The van der Waals surface area contributed by atoms with Gasteiger partial charge in [0.25, 0.3) is 0 Å². The summed E-state index contributed by atoms with van der Waals surface area (Å²) in [4.78, 5) is 11.1. The van der Waals surface area contributed by atoms with Gasteiger partial charge in [-0.05, 0) is 31.0 Å². The summed E-state index contributed by atoms with van der Waals surface area (Å²) in [6, 6.07) is 2.71. The highest BCUT2D eigenvalue weighted by Crippen LogP contribution is 2.25. The van der Waals surface area contributed by atoms with Crippen LogP contribution < -0.4 is 4.74 Å². The van der Waals surface area contributed by atoms with Crippen molar-refractivity contribution in [2.45, 2.75) is 26.1 Å². The molecule has 0 saturated heterocycles. The fourth-order valence-electron chi connectivity index (χ4n) is 1.44. The van der Waals surface area contributed by atoms with Crippen molar-refractivity contribution in [1.82, 2.24) is 0 Å². The van der Waals surface area contributed by atoms with Crippen LogP contribution in [0.3, 0.4) is 0 Å². The van der Waals surface area contributed by atoms with E-state index in [1.54, 1.807) is 6.92 Å². The molecule has 3 nitrogen and oxygen atoms in total. The molecule has 0 heterocycles. The first-order valence-corrected chi connectivity index (χ1v) is 5.51. The molecule has 0 fully saturated rings. The SMILES string of the molecule is CCOC(=O)CCc1cc(F)cc(OC(F)(F)F)c1. The number of aryl methyl sites for hydroxylation is 1. The Morgan fingerprint density at radius 1 is 1.26 bits per heavy atom. The Morgan fingerprint density at radius 2 is 1.95 bits per heavy atom. The Labute approximate surface area is 107 Å². The Hall–Kier alpha value is -1.79. The Balaban J connectivity index is 2.71. The summed E-state index contributed by atoms with van der Waals surface area (Å²) in [5.41, 5.74) is 0.229. The maximum absolute atomic E-state index is 13.1. The lowest BCUT2D eigenvalue weighted by Crippen LogP contribution is -2.17. The molecule has 0 saturated carbocycles. The molecular weight excluding hydrogens is 268 g/mol. The van der Waals surface area contributed by atoms with E-state index in [4.69, 9.17) is 0 Å². The number of carbonyl (C=O) groups is 1. The molecule has 0 unspecified atom stereocenters. The molecule has 0 aliphatic heterocycles. The number of carbonyl (C=O) groups excluding carboxylic acids is 1. The van der Waals surface area contributed by atoms with Crippen molar-refractivity contribution >= 4 is 5.97 Å². The summed E-state index contributed by atoms with van der Waals surface area (Å²) in [6.07, 6.45) is -4.85. The zero-order valence-electron chi connectivity index (χ0n) is 10.1. The molecule has 1 aromatic carbocycles. The van der Waals surface area contributed by atoms with Crippen molar-refractivity contribution < 1.29 is 31.8 Å². The third kappa shape index (κ3) is 6.08. The quantitative estimate of drug-likeness (QED) is 0.613. The Morgan fingerprint density at radius 3 is 2.53 bits per heavy atom. The van der Waals surface area contributed by atoms with Crippen LogP contribution >= 0.6 is 0 Å². The number of hydrogen-bond donors (Lipinski definition) is 0. The van der Waals surface area contributed by atoms with Crippen LogP contribution in [-0.2, 0) is 16.0 Å². The monoisotopic (exact) mass is 280 g/mol. The molecule has 0 aliphatic carbocycles. The third-order valence-electron chi connectivity index (χ3n) is 2.09. The van der Waals surface area contributed by atoms with E-state index in [1.165, 1.54) is 0 Å². The molecule has 0 amide bonds. The minimum Gasteiger partial charge on any atom is -0.466 e. The Kier molecular flexibility index (Phi) is 5.14. The first-order valence-electron chi connectivity index (χ1n) is 5.51. The average molecular weight is 280 g/mol. The van der Waals surface area contributed by atoms with Crippen LogP contribution in [0.15, 0.2) is 18.2 Å². The molecule has 7 heteroatoms. The van der Waals surface area contributed by atoms with E-state index in [2.05, 4.69) is 9.47 Å². The maximum Gasteiger partial charge on any atom is 0.573 e. The van der Waals surface area contributed by atoms with Crippen molar-refractivity contribution in [2.75, 3.05) is 6.61 Å². The fourth-order valence-corrected chi connectivity index (χ4v) is 1.44. The predicted octanol–water partition coefficient (Wildman–Crippen LogP) is 3.22. The van der Waals surface area contributed by atoms with Crippen LogP contribution in [0, 0.1) is 5.82 Å². The lowest BCUT2D eigenvalue weighted by molar-refractivity contribution is -0.274. The molecule has 0 atom stereocenters. The van der Waals surface area contributed by atoms with Gasteiger partial charge in [0.1, 0.15) is 11.6 Å². The number of hydrogen-bond acceptors (Lipinski definition) is 3. The van der Waals surface area contributed by atoms with E-state index < -0.39 is 23.9 Å². The molecule has 0 N–H and O–H groups in total. The minimum atomic E-state index is -4.88. The maximum atomic E-state index is 13.1. The van der Waals surface area contributed by atoms with E-state index in [1.807, 2.05) is 0 Å². The van der Waals surface area contributed by atoms with Crippen LogP contribution in [0.5, 0.6) is 5.75 Å². The molecule has 1 aromatic rings. The topological polar surface area (TPSA) is 35.5 Å². The van der Waals surface area contributed by atoms with Gasteiger partial charge >= 0.3 is 12.3 Å². The summed E-state index contributed by atoms with van der Waals surface area (Å²) >= 11 is 0. The van der Waals surface area contributed by atoms with Gasteiger partial charge in [0.05, 0.1) is 6.61 Å².